The van der Waals surface area contributed by atoms with E-state index in [-0.39, 0.29) is 37.4 Å². The van der Waals surface area contributed by atoms with Crippen molar-refractivity contribution in [2.24, 2.45) is 0 Å². The van der Waals surface area contributed by atoms with Gasteiger partial charge in [-0.25, -0.2) is 0 Å². The van der Waals surface area contributed by atoms with Crippen LogP contribution in [0.25, 0.3) is 0 Å². The molecule has 1 aliphatic rings. The van der Waals surface area contributed by atoms with Gasteiger partial charge < -0.3 is 0 Å². The maximum atomic E-state index is 12.6. The monoisotopic (exact) mass is 344 g/mol. The highest BCUT2D eigenvalue weighted by atomic mass is 35.5. The van der Waals surface area contributed by atoms with Crippen molar-refractivity contribution in [2.75, 3.05) is 0 Å². The van der Waals surface area contributed by atoms with Gasteiger partial charge in [-0.3, -0.25) is 4.79 Å². The number of rotatable bonds is 2. The maximum absolute atomic E-state index is 12.6. The number of hydrogen-bond donors (Lipinski definition) is 0. The van der Waals surface area contributed by atoms with Crippen molar-refractivity contribution < 1.29 is 4.79 Å². The van der Waals surface area contributed by atoms with Crippen LogP contribution in [0.15, 0.2) is 30.3 Å². The van der Waals surface area contributed by atoms with Crippen LogP contribution in [0.4, 0.5) is 0 Å². The van der Waals surface area contributed by atoms with Gasteiger partial charge in [-0.05, 0) is 23.6 Å². The molecule has 1 atom stereocenters. The summed E-state index contributed by atoms with van der Waals surface area (Å²) in [6.07, 6.45) is 0.696. The van der Waals surface area contributed by atoms with Gasteiger partial charge >= 0.3 is 0 Å². The lowest BCUT2D eigenvalue weighted by molar-refractivity contribution is 0.0949. The van der Waals surface area contributed by atoms with E-state index in [2.05, 4.69) is 0 Å². The van der Waals surface area contributed by atoms with Gasteiger partial charge in [0.2, 0.25) is 0 Å². The maximum Gasteiger partial charge on any atom is 0.173 e. The molecule has 0 saturated carbocycles. The number of fused-ring (bicyclic) bond motifs is 1. The van der Waals surface area contributed by atoms with Gasteiger partial charge in [-0.1, -0.05) is 70.7 Å². The summed E-state index contributed by atoms with van der Waals surface area (Å²) in [7, 11) is 0. The fourth-order valence-corrected chi connectivity index (χ4v) is 3.56. The number of benzene rings is 2. The second-order valence-corrected chi connectivity index (χ2v) is 6.23. The Morgan fingerprint density at radius 3 is 2.40 bits per heavy atom. The van der Waals surface area contributed by atoms with Crippen LogP contribution in [-0.2, 0) is 6.42 Å². The first-order chi connectivity index (χ1) is 9.50. The SMILES string of the molecule is O=C(c1c(Cl)cc(Cl)c(Cl)c1Cl)C1Cc2ccccc21. The van der Waals surface area contributed by atoms with Crippen LogP contribution in [0.1, 0.15) is 27.4 Å². The lowest BCUT2D eigenvalue weighted by Gasteiger charge is -2.29. The Morgan fingerprint density at radius 2 is 1.70 bits per heavy atom. The molecule has 1 aliphatic carbocycles. The van der Waals surface area contributed by atoms with E-state index in [0.717, 1.165) is 5.56 Å². The molecule has 0 bridgehead atoms. The number of Topliss-reactive ketones (excluding diaryl/α,β-unsaturated/α-hetero) is 1. The number of halogens is 4. The Bertz CT molecular complexity index is 724. The Hall–Kier alpha value is -0.730. The van der Waals surface area contributed by atoms with Crippen LogP contribution in [-0.4, -0.2) is 5.78 Å². The minimum Gasteiger partial charge on any atom is -0.293 e. The molecule has 20 heavy (non-hydrogen) atoms. The number of carbonyl (C=O) groups excluding carboxylic acids is 1. The fraction of sp³-hybridized carbons (Fsp3) is 0.133. The lowest BCUT2D eigenvalue weighted by Crippen LogP contribution is -2.25. The van der Waals surface area contributed by atoms with E-state index >= 15 is 0 Å². The zero-order chi connectivity index (χ0) is 14.4. The predicted octanol–water partition coefficient (Wildman–Crippen LogP) is 5.82. The van der Waals surface area contributed by atoms with Gasteiger partial charge in [0.15, 0.2) is 5.78 Å². The summed E-state index contributed by atoms with van der Waals surface area (Å²) in [4.78, 5) is 12.6. The van der Waals surface area contributed by atoms with Crippen molar-refractivity contribution in [2.45, 2.75) is 12.3 Å². The molecule has 0 spiro atoms. The molecular weight excluding hydrogens is 338 g/mol. The van der Waals surface area contributed by atoms with Gasteiger partial charge in [0.25, 0.3) is 0 Å². The molecule has 1 nitrogen and oxygen atoms in total. The Morgan fingerprint density at radius 1 is 1.00 bits per heavy atom. The second-order valence-electron chi connectivity index (χ2n) is 4.66. The third-order valence-electron chi connectivity index (χ3n) is 3.53. The summed E-state index contributed by atoms with van der Waals surface area (Å²) >= 11 is 24.1. The molecule has 102 valence electrons. The molecule has 3 rings (SSSR count). The van der Waals surface area contributed by atoms with Gasteiger partial charge in [0.05, 0.1) is 31.6 Å². The topological polar surface area (TPSA) is 17.1 Å². The van der Waals surface area contributed by atoms with Gasteiger partial charge in [-0.2, -0.15) is 0 Å². The van der Waals surface area contributed by atoms with Crippen molar-refractivity contribution >= 4 is 52.2 Å². The quantitative estimate of drug-likeness (QED) is 0.380. The molecular formula is C15H8Cl4O. The van der Waals surface area contributed by atoms with Crippen molar-refractivity contribution in [3.63, 3.8) is 0 Å². The molecule has 0 aliphatic heterocycles. The van der Waals surface area contributed by atoms with Crippen LogP contribution < -0.4 is 0 Å². The molecule has 2 aromatic rings. The van der Waals surface area contributed by atoms with E-state index in [0.29, 0.717) is 6.42 Å². The van der Waals surface area contributed by atoms with E-state index in [1.165, 1.54) is 11.6 Å². The van der Waals surface area contributed by atoms with E-state index in [1.807, 2.05) is 24.3 Å². The van der Waals surface area contributed by atoms with E-state index in [9.17, 15) is 4.79 Å². The summed E-state index contributed by atoms with van der Waals surface area (Å²) in [6.45, 7) is 0. The zero-order valence-electron chi connectivity index (χ0n) is 10.1. The smallest absolute Gasteiger partial charge is 0.173 e. The predicted molar refractivity (Wildman–Crippen MR) is 83.7 cm³/mol. The minimum absolute atomic E-state index is 0.114. The molecule has 0 aromatic heterocycles. The van der Waals surface area contributed by atoms with E-state index in [1.54, 1.807) is 0 Å². The highest BCUT2D eigenvalue weighted by molar-refractivity contribution is 6.51. The van der Waals surface area contributed by atoms with Crippen LogP contribution in [0.3, 0.4) is 0 Å². The Labute approximate surface area is 136 Å². The van der Waals surface area contributed by atoms with Gasteiger partial charge in [0, 0.05) is 0 Å². The average Bonchev–Trinajstić information content (AvgIpc) is 2.37. The van der Waals surface area contributed by atoms with Crippen molar-refractivity contribution in [3.8, 4) is 0 Å². The van der Waals surface area contributed by atoms with Gasteiger partial charge in [0.1, 0.15) is 0 Å². The Kier molecular flexibility index (Phi) is 3.72. The third-order valence-corrected chi connectivity index (χ3v) is 5.09. The zero-order valence-corrected chi connectivity index (χ0v) is 13.1. The number of hydrogen-bond acceptors (Lipinski definition) is 1. The first kappa shape index (κ1) is 14.2. The Balaban J connectivity index is 2.04. The molecule has 1 unspecified atom stereocenters. The highest BCUT2D eigenvalue weighted by Crippen LogP contribution is 2.43. The lowest BCUT2D eigenvalue weighted by atomic mass is 9.74. The van der Waals surface area contributed by atoms with E-state index in [4.69, 9.17) is 46.4 Å². The first-order valence-corrected chi connectivity index (χ1v) is 7.47. The summed E-state index contributed by atoms with van der Waals surface area (Å²) < 4.78 is 0. The molecule has 0 radical (unpaired) electrons. The molecule has 5 heteroatoms. The molecule has 0 N–H and O–H groups in total. The van der Waals surface area contributed by atoms with Crippen molar-refractivity contribution in [1.29, 1.82) is 0 Å². The molecule has 0 heterocycles. The summed E-state index contributed by atoms with van der Waals surface area (Å²) in [5, 5.41) is 0.762. The fourth-order valence-electron chi connectivity index (χ4n) is 2.46. The van der Waals surface area contributed by atoms with Crippen molar-refractivity contribution in [1.82, 2.24) is 0 Å². The first-order valence-electron chi connectivity index (χ1n) is 5.95. The molecule has 0 fully saturated rings. The third kappa shape index (κ3) is 2.14. The molecule has 0 amide bonds. The molecule has 2 aromatic carbocycles. The van der Waals surface area contributed by atoms with Crippen LogP contribution in [0, 0.1) is 0 Å². The normalized spacial score (nSPS) is 16.5. The summed E-state index contributed by atoms with van der Waals surface area (Å²) in [6, 6.07) is 9.28. The minimum atomic E-state index is -0.210. The van der Waals surface area contributed by atoms with E-state index < -0.39 is 0 Å². The summed E-state index contributed by atoms with van der Waals surface area (Å²) in [5.74, 6) is -0.323. The highest BCUT2D eigenvalue weighted by Gasteiger charge is 2.35. The van der Waals surface area contributed by atoms with Crippen LogP contribution >= 0.6 is 46.4 Å². The average molecular weight is 346 g/mol. The standard InChI is InChI=1S/C15H8Cl4O/c16-10-6-11(17)13(18)14(19)12(10)15(20)9-5-7-3-1-2-4-8(7)9/h1-4,6,9H,5H2. The van der Waals surface area contributed by atoms with Crippen molar-refractivity contribution in [3.05, 3.63) is 67.1 Å². The largest absolute Gasteiger partial charge is 0.293 e. The number of ketones is 1. The number of carbonyl (C=O) groups is 1. The van der Waals surface area contributed by atoms with Crippen LogP contribution in [0.5, 0.6) is 0 Å². The van der Waals surface area contributed by atoms with Crippen LogP contribution in [0.2, 0.25) is 20.1 Å². The second kappa shape index (κ2) is 5.23. The molecule has 0 saturated heterocycles. The van der Waals surface area contributed by atoms with Gasteiger partial charge in [-0.15, -0.1) is 0 Å². The summed E-state index contributed by atoms with van der Waals surface area (Å²) in [5.41, 5.74) is 2.45.